The van der Waals surface area contributed by atoms with E-state index in [0.29, 0.717) is 6.10 Å². The van der Waals surface area contributed by atoms with E-state index in [0.717, 1.165) is 11.3 Å². The van der Waals surface area contributed by atoms with Gasteiger partial charge in [0.05, 0.1) is 6.10 Å². The van der Waals surface area contributed by atoms with Gasteiger partial charge in [-0.1, -0.05) is 5.92 Å². The molecule has 16 heavy (non-hydrogen) atoms. The lowest BCUT2D eigenvalue weighted by molar-refractivity contribution is 0.303. The number of ether oxygens (including phenoxy) is 1. The minimum absolute atomic E-state index is 0.468. The van der Waals surface area contributed by atoms with Crippen molar-refractivity contribution < 1.29 is 4.74 Å². The van der Waals surface area contributed by atoms with Crippen LogP contribution in [0.15, 0.2) is 24.3 Å². The predicted molar refractivity (Wildman–Crippen MR) is 72.3 cm³/mol. The maximum atomic E-state index is 5.68. The van der Waals surface area contributed by atoms with Crippen LogP contribution in [0.25, 0.3) is 0 Å². The first-order valence-electron chi connectivity index (χ1n) is 5.51. The first-order chi connectivity index (χ1) is 7.53. The molecular formula is C14H18OS. The van der Waals surface area contributed by atoms with Gasteiger partial charge in [0.25, 0.3) is 0 Å². The zero-order chi connectivity index (χ0) is 11.6. The number of rotatable bonds is 2. The molecule has 0 amide bonds. The summed E-state index contributed by atoms with van der Waals surface area (Å²) in [5, 5.41) is 3.30. The molecule has 2 heteroatoms. The van der Waals surface area contributed by atoms with Crippen molar-refractivity contribution in [2.75, 3.05) is 18.8 Å². The topological polar surface area (TPSA) is 9.23 Å². The maximum Gasteiger partial charge on any atom is 0.119 e. The van der Waals surface area contributed by atoms with Gasteiger partial charge >= 0.3 is 0 Å². The third-order valence-corrected chi connectivity index (χ3v) is 2.90. The van der Waals surface area contributed by atoms with Crippen molar-refractivity contribution in [2.45, 2.75) is 18.9 Å². The first kappa shape index (κ1) is 11.4. The molecule has 2 rings (SSSR count). The van der Waals surface area contributed by atoms with Crippen molar-refractivity contribution in [1.29, 1.82) is 0 Å². The molecule has 1 fully saturated rings. The van der Waals surface area contributed by atoms with Crippen LogP contribution in [0.4, 0.5) is 0 Å². The Labute approximate surface area is 99.5 Å². The van der Waals surface area contributed by atoms with Crippen molar-refractivity contribution >= 4 is 10.0 Å². The maximum absolute atomic E-state index is 5.68. The average molecular weight is 234 g/mol. The summed E-state index contributed by atoms with van der Waals surface area (Å²) in [5.74, 6) is 4.18. The summed E-state index contributed by atoms with van der Waals surface area (Å²) in [6.45, 7) is 0. The van der Waals surface area contributed by atoms with Crippen LogP contribution in [0.3, 0.4) is 0 Å². The fourth-order valence-corrected chi connectivity index (χ4v) is 1.63. The summed E-state index contributed by atoms with van der Waals surface area (Å²) in [7, 11) is -0.734. The second kappa shape index (κ2) is 4.43. The molecule has 0 N–H and O–H groups in total. The minimum Gasteiger partial charge on any atom is -0.490 e. The van der Waals surface area contributed by atoms with Gasteiger partial charge in [0.2, 0.25) is 0 Å². The molecule has 1 nitrogen and oxygen atoms in total. The number of hydrogen-bond acceptors (Lipinski definition) is 1. The minimum atomic E-state index is -0.734. The third-order valence-electron chi connectivity index (χ3n) is 2.18. The normalized spacial score (nSPS) is 16.2. The van der Waals surface area contributed by atoms with E-state index in [1.165, 1.54) is 12.8 Å². The Balaban J connectivity index is 2.02. The van der Waals surface area contributed by atoms with E-state index in [1.807, 2.05) is 24.3 Å². The molecule has 0 saturated heterocycles. The monoisotopic (exact) mass is 234 g/mol. The van der Waals surface area contributed by atoms with E-state index in [1.54, 1.807) is 0 Å². The Morgan fingerprint density at radius 2 is 1.75 bits per heavy atom. The molecule has 0 aliphatic heterocycles. The molecular weight excluding hydrogens is 216 g/mol. The highest BCUT2D eigenvalue weighted by Gasteiger charge is 2.23. The Hall–Kier alpha value is -1.07. The SMILES string of the molecule is CS(C)(C)C#Cc1ccc(OC2CC2)cc1. The largest absolute Gasteiger partial charge is 0.490 e. The lowest BCUT2D eigenvalue weighted by atomic mass is 10.2. The molecule has 86 valence electrons. The molecule has 0 atom stereocenters. The molecule has 1 saturated carbocycles. The quantitative estimate of drug-likeness (QED) is 0.714. The van der Waals surface area contributed by atoms with Gasteiger partial charge in [-0.05, 0) is 61.1 Å². The molecule has 0 spiro atoms. The fraction of sp³-hybridized carbons (Fsp3) is 0.429. The van der Waals surface area contributed by atoms with Crippen molar-refractivity contribution in [1.82, 2.24) is 0 Å². The number of hydrogen-bond donors (Lipinski definition) is 0. The standard InChI is InChI=1S/C14H18OS/c1-16(2,3)11-10-12-4-6-13(7-5-12)15-14-8-9-14/h4-7,14H,8-9H2,1-3H3. The zero-order valence-electron chi connectivity index (χ0n) is 10.1. The molecule has 1 aromatic carbocycles. The van der Waals surface area contributed by atoms with Gasteiger partial charge in [0, 0.05) is 5.56 Å². The average Bonchev–Trinajstić information content (AvgIpc) is 3.00. The van der Waals surface area contributed by atoms with Crippen LogP contribution < -0.4 is 4.74 Å². The first-order valence-corrected chi connectivity index (χ1v) is 8.36. The van der Waals surface area contributed by atoms with E-state index in [4.69, 9.17) is 4.74 Å². The molecule has 0 unspecified atom stereocenters. The molecule has 1 aliphatic rings. The van der Waals surface area contributed by atoms with Crippen molar-refractivity contribution in [3.63, 3.8) is 0 Å². The predicted octanol–water partition coefficient (Wildman–Crippen LogP) is 3.23. The Morgan fingerprint density at radius 1 is 1.12 bits per heavy atom. The molecule has 0 aromatic heterocycles. The Kier molecular flexibility index (Phi) is 3.16. The summed E-state index contributed by atoms with van der Waals surface area (Å²) in [6, 6.07) is 8.10. The second-order valence-corrected chi connectivity index (χ2v) is 8.78. The van der Waals surface area contributed by atoms with E-state index in [-0.39, 0.29) is 0 Å². The highest BCUT2D eigenvalue weighted by Crippen LogP contribution is 2.32. The Morgan fingerprint density at radius 3 is 2.25 bits per heavy atom. The van der Waals surface area contributed by atoms with Crippen LogP contribution in [0.1, 0.15) is 18.4 Å². The van der Waals surface area contributed by atoms with Crippen LogP contribution in [-0.4, -0.2) is 24.9 Å². The van der Waals surface area contributed by atoms with Gasteiger partial charge in [-0.15, -0.1) is 0 Å². The summed E-state index contributed by atoms with van der Waals surface area (Å²) in [5.41, 5.74) is 1.07. The van der Waals surface area contributed by atoms with Gasteiger partial charge in [0.1, 0.15) is 5.75 Å². The molecule has 1 aromatic rings. The van der Waals surface area contributed by atoms with Gasteiger partial charge in [-0.3, -0.25) is 0 Å². The van der Waals surface area contributed by atoms with Crippen LogP contribution in [-0.2, 0) is 0 Å². The smallest absolute Gasteiger partial charge is 0.119 e. The fourth-order valence-electron chi connectivity index (χ4n) is 1.21. The lowest BCUT2D eigenvalue weighted by Crippen LogP contribution is -1.95. The van der Waals surface area contributed by atoms with Crippen LogP contribution >= 0.6 is 10.0 Å². The second-order valence-electron chi connectivity index (χ2n) is 4.91. The van der Waals surface area contributed by atoms with Gasteiger partial charge in [-0.2, -0.15) is 10.0 Å². The summed E-state index contributed by atoms with van der Waals surface area (Å²) >= 11 is 0. The highest BCUT2D eigenvalue weighted by atomic mass is 32.3. The van der Waals surface area contributed by atoms with E-state index in [2.05, 4.69) is 29.9 Å². The summed E-state index contributed by atoms with van der Waals surface area (Å²) in [4.78, 5) is 0. The van der Waals surface area contributed by atoms with E-state index in [9.17, 15) is 0 Å². The van der Waals surface area contributed by atoms with Crippen molar-refractivity contribution in [3.05, 3.63) is 29.8 Å². The van der Waals surface area contributed by atoms with Crippen molar-refractivity contribution in [3.8, 4) is 16.9 Å². The van der Waals surface area contributed by atoms with Crippen LogP contribution in [0.5, 0.6) is 5.75 Å². The lowest BCUT2D eigenvalue weighted by Gasteiger charge is -2.14. The van der Waals surface area contributed by atoms with Crippen LogP contribution in [0.2, 0.25) is 0 Å². The molecule has 0 heterocycles. The molecule has 0 radical (unpaired) electrons. The third kappa shape index (κ3) is 3.83. The number of benzene rings is 1. The summed E-state index contributed by atoms with van der Waals surface area (Å²) < 4.78 is 5.68. The van der Waals surface area contributed by atoms with Crippen molar-refractivity contribution in [2.24, 2.45) is 0 Å². The molecule has 0 bridgehead atoms. The molecule has 1 aliphatic carbocycles. The van der Waals surface area contributed by atoms with E-state index < -0.39 is 10.0 Å². The van der Waals surface area contributed by atoms with Gasteiger partial charge in [0.15, 0.2) is 0 Å². The van der Waals surface area contributed by atoms with Gasteiger partial charge < -0.3 is 4.74 Å². The summed E-state index contributed by atoms with van der Waals surface area (Å²) in [6.07, 6.45) is 9.47. The van der Waals surface area contributed by atoms with E-state index >= 15 is 0 Å². The van der Waals surface area contributed by atoms with Gasteiger partial charge in [-0.25, -0.2) is 0 Å². The van der Waals surface area contributed by atoms with Crippen LogP contribution in [0, 0.1) is 11.2 Å². The zero-order valence-corrected chi connectivity index (χ0v) is 10.9. The Bertz CT molecular complexity index is 413. The highest BCUT2D eigenvalue weighted by molar-refractivity contribution is 8.35.